The van der Waals surface area contributed by atoms with Crippen LogP contribution in [0.1, 0.15) is 125 Å². The highest BCUT2D eigenvalue weighted by molar-refractivity contribution is 8.93. The van der Waals surface area contributed by atoms with Gasteiger partial charge >= 0.3 is 5.97 Å². The van der Waals surface area contributed by atoms with Crippen molar-refractivity contribution >= 4 is 23.0 Å². The van der Waals surface area contributed by atoms with Crippen LogP contribution >= 0.6 is 17.0 Å². The maximum Gasteiger partial charge on any atom is 0.320 e. The third kappa shape index (κ3) is 24.0. The molecule has 0 rings (SSSR count). The van der Waals surface area contributed by atoms with Gasteiger partial charge in [-0.05, 0) is 65.6 Å². The maximum atomic E-state index is 12.4. The Balaban J connectivity index is 0. The molecule has 0 saturated carbocycles. The fraction of sp³-hybridized carbons (Fsp3) is 0.821. The number of carbonyl (C=O) groups excluding carboxylic acids is 1. The van der Waals surface area contributed by atoms with E-state index in [1.807, 2.05) is 0 Å². The van der Waals surface area contributed by atoms with E-state index < -0.39 is 0 Å². The minimum absolute atomic E-state index is 0. The van der Waals surface area contributed by atoms with Crippen molar-refractivity contribution in [2.45, 2.75) is 125 Å². The van der Waals surface area contributed by atoms with Crippen LogP contribution in [0.4, 0.5) is 0 Å². The van der Waals surface area contributed by atoms with Crippen LogP contribution in [-0.2, 0) is 9.53 Å². The Bertz CT molecular complexity index is 468. The van der Waals surface area contributed by atoms with Gasteiger partial charge in [0.25, 0.3) is 0 Å². The highest BCUT2D eigenvalue weighted by Crippen LogP contribution is 2.10. The number of carbonyl (C=O) groups is 1. The van der Waals surface area contributed by atoms with E-state index in [1.165, 1.54) is 88.2 Å². The molecule has 0 aliphatic rings. The van der Waals surface area contributed by atoms with Crippen LogP contribution in [0.25, 0.3) is 0 Å². The minimum atomic E-state index is -0.0784. The van der Waals surface area contributed by atoms with Gasteiger partial charge in [-0.1, -0.05) is 95.3 Å². The van der Waals surface area contributed by atoms with Gasteiger partial charge in [-0.25, -0.2) is 0 Å². The van der Waals surface area contributed by atoms with E-state index in [-0.39, 0.29) is 23.0 Å². The number of rotatable bonds is 21. The SMILES string of the molecule is Br.CCCCCCCCN(CCCCCCCC)CC(=O)OC/C=C(\C)CCC=C(C)C. The van der Waals surface area contributed by atoms with E-state index in [1.54, 1.807) is 0 Å². The second-order valence-corrected chi connectivity index (χ2v) is 9.37. The molecule has 3 nitrogen and oxygen atoms in total. The zero-order valence-corrected chi connectivity index (χ0v) is 23.8. The lowest BCUT2D eigenvalue weighted by molar-refractivity contribution is -0.143. The molecule has 0 spiro atoms. The number of esters is 1. The highest BCUT2D eigenvalue weighted by Gasteiger charge is 2.11. The monoisotopic (exact) mass is 515 g/mol. The summed E-state index contributed by atoms with van der Waals surface area (Å²) in [7, 11) is 0. The van der Waals surface area contributed by atoms with Crippen molar-refractivity contribution in [1.29, 1.82) is 0 Å². The summed E-state index contributed by atoms with van der Waals surface area (Å²) in [6.45, 7) is 13.8. The summed E-state index contributed by atoms with van der Waals surface area (Å²) >= 11 is 0. The first kappa shape index (κ1) is 33.6. The Morgan fingerprint density at radius 3 is 1.75 bits per heavy atom. The number of hydrogen-bond donors (Lipinski definition) is 0. The predicted octanol–water partition coefficient (Wildman–Crippen LogP) is 8.82. The van der Waals surface area contributed by atoms with Crippen LogP contribution in [-0.4, -0.2) is 37.1 Å². The first-order chi connectivity index (χ1) is 15.0. The molecule has 0 atom stereocenters. The number of allylic oxidation sites excluding steroid dienone is 3. The second-order valence-electron chi connectivity index (χ2n) is 9.37. The summed E-state index contributed by atoms with van der Waals surface area (Å²) in [6, 6.07) is 0. The molecule has 0 N–H and O–H groups in total. The number of nitrogens with zero attached hydrogens (tertiary/aromatic N) is 1. The van der Waals surface area contributed by atoms with Crippen LogP contribution < -0.4 is 0 Å². The van der Waals surface area contributed by atoms with E-state index in [0.717, 1.165) is 25.9 Å². The average Bonchev–Trinajstić information content (AvgIpc) is 2.72. The summed E-state index contributed by atoms with van der Waals surface area (Å²) in [5.74, 6) is -0.0784. The zero-order chi connectivity index (χ0) is 23.2. The Hall–Kier alpha value is -0.610. The van der Waals surface area contributed by atoms with E-state index >= 15 is 0 Å². The van der Waals surface area contributed by atoms with Crippen molar-refractivity contribution < 1.29 is 9.53 Å². The zero-order valence-electron chi connectivity index (χ0n) is 22.1. The second kappa shape index (κ2) is 25.0. The van der Waals surface area contributed by atoms with Gasteiger partial charge in [-0.3, -0.25) is 9.69 Å². The van der Waals surface area contributed by atoms with E-state index in [2.05, 4.69) is 51.7 Å². The molecule has 0 aromatic heterocycles. The normalized spacial score (nSPS) is 11.4. The Kier molecular flexibility index (Phi) is 26.2. The van der Waals surface area contributed by atoms with Crippen molar-refractivity contribution in [1.82, 2.24) is 4.90 Å². The van der Waals surface area contributed by atoms with E-state index in [4.69, 9.17) is 4.74 Å². The molecule has 0 aromatic rings. The molecule has 190 valence electrons. The maximum absolute atomic E-state index is 12.4. The molecule has 0 bridgehead atoms. The number of halogens is 1. The Labute approximate surface area is 211 Å². The first-order valence-electron chi connectivity index (χ1n) is 13.2. The Morgan fingerprint density at radius 1 is 0.750 bits per heavy atom. The lowest BCUT2D eigenvalue weighted by Gasteiger charge is -2.21. The quantitative estimate of drug-likeness (QED) is 0.0867. The molecule has 0 aliphatic carbocycles. The molecule has 0 radical (unpaired) electrons. The standard InChI is InChI=1S/C28H53NO2.BrH/c1-6-8-10-12-14-16-22-29(23-17-15-13-11-9-7-2)25-28(30)31-24-21-27(5)20-18-19-26(3)4;/h19,21H,6-18,20,22-25H2,1-5H3;1H/b27-21+;. The van der Waals surface area contributed by atoms with Gasteiger partial charge in [0.15, 0.2) is 0 Å². The summed E-state index contributed by atoms with van der Waals surface area (Å²) in [6.07, 6.45) is 21.9. The molecule has 4 heteroatoms. The Morgan fingerprint density at radius 2 is 1.25 bits per heavy atom. The van der Waals surface area contributed by atoms with Crippen LogP contribution in [0.3, 0.4) is 0 Å². The largest absolute Gasteiger partial charge is 0.460 e. The van der Waals surface area contributed by atoms with Crippen molar-refractivity contribution in [3.8, 4) is 0 Å². The number of unbranched alkanes of at least 4 members (excludes halogenated alkanes) is 10. The minimum Gasteiger partial charge on any atom is -0.460 e. The molecule has 0 aromatic carbocycles. The van der Waals surface area contributed by atoms with E-state index in [9.17, 15) is 4.79 Å². The third-order valence-corrected chi connectivity index (χ3v) is 5.78. The molecule has 0 saturated heterocycles. The molecule has 0 fully saturated rings. The van der Waals surface area contributed by atoms with Crippen LogP contribution in [0, 0.1) is 0 Å². The third-order valence-electron chi connectivity index (χ3n) is 5.78. The average molecular weight is 517 g/mol. The molecular weight excluding hydrogens is 462 g/mol. The molecule has 0 amide bonds. The summed E-state index contributed by atoms with van der Waals surface area (Å²) in [5.41, 5.74) is 2.65. The summed E-state index contributed by atoms with van der Waals surface area (Å²) in [4.78, 5) is 14.7. The fourth-order valence-corrected chi connectivity index (χ4v) is 3.70. The van der Waals surface area contributed by atoms with Crippen LogP contribution in [0.15, 0.2) is 23.3 Å². The van der Waals surface area contributed by atoms with Crippen molar-refractivity contribution in [3.05, 3.63) is 23.3 Å². The molecule has 0 heterocycles. The van der Waals surface area contributed by atoms with Crippen molar-refractivity contribution in [3.63, 3.8) is 0 Å². The smallest absolute Gasteiger partial charge is 0.320 e. The van der Waals surface area contributed by atoms with Gasteiger partial charge in [-0.2, -0.15) is 0 Å². The number of ether oxygens (including phenoxy) is 1. The summed E-state index contributed by atoms with van der Waals surface area (Å²) in [5, 5.41) is 0. The van der Waals surface area contributed by atoms with Gasteiger partial charge < -0.3 is 4.74 Å². The van der Waals surface area contributed by atoms with Crippen LogP contribution in [0.2, 0.25) is 0 Å². The summed E-state index contributed by atoms with van der Waals surface area (Å²) < 4.78 is 5.52. The molecule has 0 aliphatic heterocycles. The lowest BCUT2D eigenvalue weighted by Crippen LogP contribution is -2.33. The molecular formula is C28H54BrNO2. The van der Waals surface area contributed by atoms with Crippen molar-refractivity contribution in [2.24, 2.45) is 0 Å². The fourth-order valence-electron chi connectivity index (χ4n) is 3.70. The van der Waals surface area contributed by atoms with E-state index in [0.29, 0.717) is 13.2 Å². The van der Waals surface area contributed by atoms with Gasteiger partial charge in [0.1, 0.15) is 6.61 Å². The van der Waals surface area contributed by atoms with Gasteiger partial charge in [0.05, 0.1) is 6.54 Å². The van der Waals surface area contributed by atoms with Gasteiger partial charge in [0, 0.05) is 0 Å². The predicted molar refractivity (Wildman–Crippen MR) is 147 cm³/mol. The molecule has 32 heavy (non-hydrogen) atoms. The topological polar surface area (TPSA) is 29.5 Å². The highest BCUT2D eigenvalue weighted by atomic mass is 79.9. The lowest BCUT2D eigenvalue weighted by atomic mass is 10.1. The van der Waals surface area contributed by atoms with Crippen LogP contribution in [0.5, 0.6) is 0 Å². The van der Waals surface area contributed by atoms with Gasteiger partial charge in [0.2, 0.25) is 0 Å². The van der Waals surface area contributed by atoms with Crippen molar-refractivity contribution in [2.75, 3.05) is 26.2 Å². The first-order valence-corrected chi connectivity index (χ1v) is 13.2. The van der Waals surface area contributed by atoms with Gasteiger partial charge in [-0.15, -0.1) is 17.0 Å². The molecule has 0 unspecified atom stereocenters. The number of hydrogen-bond acceptors (Lipinski definition) is 3.